The van der Waals surface area contributed by atoms with Gasteiger partial charge in [-0.3, -0.25) is 0 Å². The van der Waals surface area contributed by atoms with Crippen molar-refractivity contribution in [3.63, 3.8) is 0 Å². The maximum absolute atomic E-state index is 12.1. The van der Waals surface area contributed by atoms with Gasteiger partial charge in [-0.15, -0.1) is 0 Å². The molecule has 0 radical (unpaired) electrons. The van der Waals surface area contributed by atoms with E-state index >= 15 is 0 Å². The van der Waals surface area contributed by atoms with Gasteiger partial charge in [0.25, 0.3) is 0 Å². The van der Waals surface area contributed by atoms with Gasteiger partial charge in [-0.25, -0.2) is 10.2 Å². The number of anilines is 1. The Labute approximate surface area is 177 Å². The third kappa shape index (κ3) is 4.89. The molecule has 0 aliphatic heterocycles. The van der Waals surface area contributed by atoms with E-state index in [0.717, 1.165) is 29.1 Å². The van der Waals surface area contributed by atoms with Crippen LogP contribution in [-0.4, -0.2) is 23.4 Å². The summed E-state index contributed by atoms with van der Waals surface area (Å²) in [5.41, 5.74) is 8.80. The van der Waals surface area contributed by atoms with E-state index in [4.69, 9.17) is 4.74 Å². The number of nitrogens with zero attached hydrogens (tertiary/aromatic N) is 2. The van der Waals surface area contributed by atoms with E-state index < -0.39 is 6.03 Å². The van der Waals surface area contributed by atoms with Gasteiger partial charge >= 0.3 is 6.03 Å². The van der Waals surface area contributed by atoms with E-state index in [-0.39, 0.29) is 0 Å². The Balaban J connectivity index is 1.67. The van der Waals surface area contributed by atoms with Gasteiger partial charge in [0, 0.05) is 28.3 Å². The molecule has 6 nitrogen and oxygen atoms in total. The first-order valence-electron chi connectivity index (χ1n) is 10.1. The van der Waals surface area contributed by atoms with Crippen LogP contribution in [0.4, 0.5) is 10.5 Å². The van der Waals surface area contributed by atoms with Crippen LogP contribution in [0.1, 0.15) is 36.4 Å². The Morgan fingerprint density at radius 1 is 1.10 bits per heavy atom. The van der Waals surface area contributed by atoms with Crippen LogP contribution in [-0.2, 0) is 6.42 Å². The van der Waals surface area contributed by atoms with Crippen molar-refractivity contribution in [2.24, 2.45) is 5.10 Å². The van der Waals surface area contributed by atoms with Gasteiger partial charge in [0.1, 0.15) is 5.75 Å². The molecule has 1 aromatic heterocycles. The molecule has 0 bridgehead atoms. The van der Waals surface area contributed by atoms with E-state index in [0.29, 0.717) is 12.3 Å². The second-order valence-electron chi connectivity index (χ2n) is 6.93. The zero-order chi connectivity index (χ0) is 21.5. The van der Waals surface area contributed by atoms with Crippen LogP contribution in [0.2, 0.25) is 0 Å². The predicted octanol–water partition coefficient (Wildman–Crippen LogP) is 5.21. The molecule has 6 heteroatoms. The SMILES string of the molecule is CCOc1ccc(NC(=O)N/N=C/c2cc(C)n(-c3ccccc3CC)c2C)cc1. The summed E-state index contributed by atoms with van der Waals surface area (Å²) in [6, 6.07) is 17.2. The number of hydrazone groups is 1. The van der Waals surface area contributed by atoms with E-state index in [1.54, 1.807) is 18.3 Å². The van der Waals surface area contributed by atoms with Crippen molar-refractivity contribution in [1.29, 1.82) is 0 Å². The van der Waals surface area contributed by atoms with Crippen LogP contribution in [0.5, 0.6) is 5.75 Å². The summed E-state index contributed by atoms with van der Waals surface area (Å²) >= 11 is 0. The van der Waals surface area contributed by atoms with Gasteiger partial charge < -0.3 is 14.6 Å². The van der Waals surface area contributed by atoms with Crippen LogP contribution in [0, 0.1) is 13.8 Å². The number of hydrogen-bond acceptors (Lipinski definition) is 3. The minimum Gasteiger partial charge on any atom is -0.494 e. The zero-order valence-corrected chi connectivity index (χ0v) is 17.9. The first kappa shape index (κ1) is 21.2. The van der Waals surface area contributed by atoms with Crippen LogP contribution in [0.25, 0.3) is 5.69 Å². The summed E-state index contributed by atoms with van der Waals surface area (Å²) in [4.78, 5) is 12.1. The highest BCUT2D eigenvalue weighted by Gasteiger charge is 2.12. The lowest BCUT2D eigenvalue weighted by molar-refractivity contribution is 0.252. The molecule has 0 spiro atoms. The highest BCUT2D eigenvalue weighted by Crippen LogP contribution is 2.23. The van der Waals surface area contributed by atoms with Gasteiger partial charge in [0.05, 0.1) is 12.8 Å². The summed E-state index contributed by atoms with van der Waals surface area (Å²) in [5.74, 6) is 0.765. The van der Waals surface area contributed by atoms with E-state index in [1.165, 1.54) is 11.3 Å². The molecule has 2 aromatic carbocycles. The smallest absolute Gasteiger partial charge is 0.339 e. The molecule has 0 unspecified atom stereocenters. The largest absolute Gasteiger partial charge is 0.494 e. The number of benzene rings is 2. The summed E-state index contributed by atoms with van der Waals surface area (Å²) in [5, 5.41) is 6.86. The third-order valence-corrected chi connectivity index (χ3v) is 4.88. The normalized spacial score (nSPS) is 10.9. The van der Waals surface area contributed by atoms with Crippen molar-refractivity contribution in [3.8, 4) is 11.4 Å². The van der Waals surface area contributed by atoms with Gasteiger partial charge in [0.2, 0.25) is 0 Å². The molecule has 0 saturated carbocycles. The second-order valence-corrected chi connectivity index (χ2v) is 6.93. The second kappa shape index (κ2) is 9.78. The summed E-state index contributed by atoms with van der Waals surface area (Å²) in [6.07, 6.45) is 2.63. The molecule has 2 N–H and O–H groups in total. The van der Waals surface area contributed by atoms with E-state index in [9.17, 15) is 4.79 Å². The van der Waals surface area contributed by atoms with Crippen LogP contribution in [0.3, 0.4) is 0 Å². The molecule has 30 heavy (non-hydrogen) atoms. The van der Waals surface area contributed by atoms with E-state index in [1.807, 2.05) is 25.1 Å². The quantitative estimate of drug-likeness (QED) is 0.419. The van der Waals surface area contributed by atoms with Crippen molar-refractivity contribution in [1.82, 2.24) is 9.99 Å². The number of amides is 2. The van der Waals surface area contributed by atoms with Crippen LogP contribution < -0.4 is 15.5 Å². The fourth-order valence-corrected chi connectivity index (χ4v) is 3.44. The molecular weight excluding hydrogens is 376 g/mol. The van der Waals surface area contributed by atoms with E-state index in [2.05, 4.69) is 65.4 Å². The third-order valence-electron chi connectivity index (χ3n) is 4.88. The average Bonchev–Trinajstić information content (AvgIpc) is 3.02. The summed E-state index contributed by atoms with van der Waals surface area (Å²) in [6.45, 7) is 8.82. The summed E-state index contributed by atoms with van der Waals surface area (Å²) < 4.78 is 7.62. The average molecular weight is 405 g/mol. The minimum absolute atomic E-state index is 0.402. The lowest BCUT2D eigenvalue weighted by atomic mass is 10.1. The van der Waals surface area contributed by atoms with Gasteiger partial charge in [0.15, 0.2) is 0 Å². The minimum atomic E-state index is -0.402. The lowest BCUT2D eigenvalue weighted by Gasteiger charge is -2.13. The molecular formula is C24H28N4O2. The Bertz CT molecular complexity index is 1040. The molecule has 0 aliphatic rings. The number of aryl methyl sites for hydroxylation is 2. The first-order chi connectivity index (χ1) is 14.5. The Morgan fingerprint density at radius 2 is 1.83 bits per heavy atom. The number of hydrogen-bond donors (Lipinski definition) is 2. The number of para-hydroxylation sites is 1. The van der Waals surface area contributed by atoms with Crippen LogP contribution in [0.15, 0.2) is 59.7 Å². The fourth-order valence-electron chi connectivity index (χ4n) is 3.44. The Morgan fingerprint density at radius 3 is 2.53 bits per heavy atom. The maximum atomic E-state index is 12.1. The number of carbonyl (C=O) groups is 1. The first-order valence-corrected chi connectivity index (χ1v) is 10.1. The molecule has 1 heterocycles. The number of ether oxygens (including phenoxy) is 1. The predicted molar refractivity (Wildman–Crippen MR) is 122 cm³/mol. The van der Waals surface area contributed by atoms with Crippen molar-refractivity contribution in [2.45, 2.75) is 34.1 Å². The van der Waals surface area contributed by atoms with Crippen molar-refractivity contribution >= 4 is 17.9 Å². The molecule has 0 atom stereocenters. The highest BCUT2D eigenvalue weighted by atomic mass is 16.5. The standard InChI is InChI=1S/C24H28N4O2/c1-5-19-9-7-8-10-23(19)28-17(3)15-20(18(28)4)16-25-27-24(29)26-21-11-13-22(14-12-21)30-6-2/h7-16H,5-6H2,1-4H3,(H2,26,27,29)/b25-16+. The topological polar surface area (TPSA) is 67.7 Å². The molecule has 0 saturated heterocycles. The van der Waals surface area contributed by atoms with Gasteiger partial charge in [-0.2, -0.15) is 5.10 Å². The van der Waals surface area contributed by atoms with Crippen molar-refractivity contribution in [2.75, 3.05) is 11.9 Å². The number of carbonyl (C=O) groups excluding carboxylic acids is 1. The number of nitrogens with one attached hydrogen (secondary N) is 2. The molecule has 0 aliphatic carbocycles. The highest BCUT2D eigenvalue weighted by molar-refractivity contribution is 5.90. The monoisotopic (exact) mass is 404 g/mol. The van der Waals surface area contributed by atoms with Crippen molar-refractivity contribution < 1.29 is 9.53 Å². The van der Waals surface area contributed by atoms with Crippen LogP contribution >= 0.6 is 0 Å². The number of rotatable bonds is 7. The molecule has 3 rings (SSSR count). The Kier molecular flexibility index (Phi) is 6.91. The number of urea groups is 1. The zero-order valence-electron chi connectivity index (χ0n) is 17.9. The molecule has 156 valence electrons. The van der Waals surface area contributed by atoms with Gasteiger partial charge in [-0.05, 0) is 69.2 Å². The fraction of sp³-hybridized carbons (Fsp3) is 0.250. The summed E-state index contributed by atoms with van der Waals surface area (Å²) in [7, 11) is 0. The lowest BCUT2D eigenvalue weighted by Crippen LogP contribution is -2.24. The molecule has 0 fully saturated rings. The number of aromatic nitrogens is 1. The molecule has 2 amide bonds. The molecule has 3 aromatic rings. The van der Waals surface area contributed by atoms with Gasteiger partial charge in [-0.1, -0.05) is 25.1 Å². The Hall–Kier alpha value is -3.54. The van der Waals surface area contributed by atoms with Crippen molar-refractivity contribution in [3.05, 3.63) is 77.1 Å². The maximum Gasteiger partial charge on any atom is 0.339 e.